The molecule has 0 saturated heterocycles. The Bertz CT molecular complexity index is 1130. The number of halogens is 1. The second-order valence-corrected chi connectivity index (χ2v) is 6.96. The number of hydrogen-bond acceptors (Lipinski definition) is 4. The van der Waals surface area contributed by atoms with Gasteiger partial charge in [0.1, 0.15) is 18.1 Å². The van der Waals surface area contributed by atoms with Crippen molar-refractivity contribution in [2.24, 2.45) is 0 Å². The Morgan fingerprint density at radius 1 is 1.24 bits per heavy atom. The normalized spacial score (nSPS) is 15.3. The topological polar surface area (TPSA) is 73.2 Å². The molecule has 1 atom stereocenters. The van der Waals surface area contributed by atoms with Crippen molar-refractivity contribution in [3.05, 3.63) is 82.0 Å². The molecule has 0 saturated carbocycles. The lowest BCUT2D eigenvalue weighted by Gasteiger charge is -2.27. The van der Waals surface area contributed by atoms with Crippen LogP contribution in [0.3, 0.4) is 0 Å². The maximum atomic E-state index is 14.2. The molecule has 148 valence electrons. The van der Waals surface area contributed by atoms with Gasteiger partial charge in [-0.2, -0.15) is 5.10 Å². The summed E-state index contributed by atoms with van der Waals surface area (Å²) in [4.78, 5) is 24.4. The average Bonchev–Trinajstić information content (AvgIpc) is 2.71. The molecule has 1 aliphatic rings. The van der Waals surface area contributed by atoms with Gasteiger partial charge >= 0.3 is 0 Å². The molecule has 2 heterocycles. The second kappa shape index (κ2) is 7.87. The SMILES string of the molecule is Cc1ccc(=O)n(CC(=O)NC2CCOc3ccc(-c4ccccc4F)cc32)n1. The van der Waals surface area contributed by atoms with E-state index in [2.05, 4.69) is 10.4 Å². The molecule has 6 nitrogen and oxygen atoms in total. The van der Waals surface area contributed by atoms with Crippen LogP contribution in [0.2, 0.25) is 0 Å². The molecule has 0 fully saturated rings. The van der Waals surface area contributed by atoms with Gasteiger partial charge in [0, 0.05) is 23.6 Å². The van der Waals surface area contributed by atoms with Crippen LogP contribution in [0.5, 0.6) is 5.75 Å². The highest BCUT2D eigenvalue weighted by atomic mass is 19.1. The predicted molar refractivity (Wildman–Crippen MR) is 106 cm³/mol. The van der Waals surface area contributed by atoms with Crippen molar-refractivity contribution in [1.82, 2.24) is 15.1 Å². The quantitative estimate of drug-likeness (QED) is 0.740. The molecular formula is C22H20FN3O3. The summed E-state index contributed by atoms with van der Waals surface area (Å²) in [5.41, 5.74) is 2.31. The fraction of sp³-hybridized carbons (Fsp3) is 0.227. The van der Waals surface area contributed by atoms with E-state index >= 15 is 0 Å². The maximum absolute atomic E-state index is 14.2. The molecule has 3 aromatic rings. The third kappa shape index (κ3) is 4.03. The summed E-state index contributed by atoms with van der Waals surface area (Å²) in [6.07, 6.45) is 0.579. The monoisotopic (exact) mass is 393 g/mol. The van der Waals surface area contributed by atoms with Crippen LogP contribution in [0.4, 0.5) is 4.39 Å². The number of benzene rings is 2. The average molecular weight is 393 g/mol. The lowest BCUT2D eigenvalue weighted by molar-refractivity contribution is -0.122. The number of nitrogens with zero attached hydrogens (tertiary/aromatic N) is 2. The van der Waals surface area contributed by atoms with Crippen LogP contribution in [0, 0.1) is 12.7 Å². The molecule has 1 aliphatic heterocycles. The zero-order chi connectivity index (χ0) is 20.4. The molecule has 4 rings (SSSR count). The van der Waals surface area contributed by atoms with Gasteiger partial charge in [-0.1, -0.05) is 24.3 Å². The summed E-state index contributed by atoms with van der Waals surface area (Å²) < 4.78 is 21.0. The van der Waals surface area contributed by atoms with Gasteiger partial charge in [0.25, 0.3) is 5.56 Å². The van der Waals surface area contributed by atoms with Gasteiger partial charge in [0.2, 0.25) is 5.91 Å². The predicted octanol–water partition coefficient (Wildman–Crippen LogP) is 3.00. The first kappa shape index (κ1) is 18.9. The molecule has 7 heteroatoms. The highest BCUT2D eigenvalue weighted by molar-refractivity contribution is 5.76. The molecule has 1 N–H and O–H groups in total. The van der Waals surface area contributed by atoms with E-state index in [9.17, 15) is 14.0 Å². The van der Waals surface area contributed by atoms with Crippen LogP contribution >= 0.6 is 0 Å². The molecule has 0 aliphatic carbocycles. The Morgan fingerprint density at radius 2 is 2.07 bits per heavy atom. The molecule has 1 amide bonds. The fourth-order valence-corrected chi connectivity index (χ4v) is 3.45. The number of nitrogens with one attached hydrogen (secondary N) is 1. The van der Waals surface area contributed by atoms with Crippen LogP contribution < -0.4 is 15.6 Å². The minimum absolute atomic E-state index is 0.166. The molecule has 2 aromatic carbocycles. The fourth-order valence-electron chi connectivity index (χ4n) is 3.45. The van der Waals surface area contributed by atoms with E-state index in [1.807, 2.05) is 6.07 Å². The van der Waals surface area contributed by atoms with E-state index in [-0.39, 0.29) is 29.9 Å². The Kier molecular flexibility index (Phi) is 5.12. The van der Waals surface area contributed by atoms with Crippen LogP contribution in [-0.2, 0) is 11.3 Å². The van der Waals surface area contributed by atoms with Gasteiger partial charge < -0.3 is 10.1 Å². The summed E-state index contributed by atoms with van der Waals surface area (Å²) in [6, 6.07) is 14.7. The first-order chi connectivity index (χ1) is 14.0. The van der Waals surface area contributed by atoms with Crippen LogP contribution in [0.25, 0.3) is 11.1 Å². The van der Waals surface area contributed by atoms with E-state index in [0.717, 1.165) is 10.2 Å². The van der Waals surface area contributed by atoms with E-state index in [4.69, 9.17) is 4.74 Å². The van der Waals surface area contributed by atoms with Crippen molar-refractivity contribution < 1.29 is 13.9 Å². The summed E-state index contributed by atoms with van der Waals surface area (Å²) >= 11 is 0. The molecule has 1 aromatic heterocycles. The number of ether oxygens (including phenoxy) is 1. The third-order valence-electron chi connectivity index (χ3n) is 4.86. The van der Waals surface area contributed by atoms with E-state index in [1.165, 1.54) is 12.1 Å². The number of fused-ring (bicyclic) bond motifs is 1. The summed E-state index contributed by atoms with van der Waals surface area (Å²) in [5.74, 6) is 0.0292. The van der Waals surface area contributed by atoms with Gasteiger partial charge in [-0.25, -0.2) is 9.07 Å². The number of carbonyl (C=O) groups excluding carboxylic acids is 1. The van der Waals surface area contributed by atoms with Crippen molar-refractivity contribution in [1.29, 1.82) is 0 Å². The molecule has 1 unspecified atom stereocenters. The first-order valence-electron chi connectivity index (χ1n) is 9.37. The molecule has 0 radical (unpaired) electrons. The number of hydrogen-bond donors (Lipinski definition) is 1. The lowest BCUT2D eigenvalue weighted by Crippen LogP contribution is -2.37. The zero-order valence-corrected chi connectivity index (χ0v) is 15.9. The van der Waals surface area contributed by atoms with Gasteiger partial charge in [-0.15, -0.1) is 0 Å². The second-order valence-electron chi connectivity index (χ2n) is 6.96. The number of amides is 1. The summed E-state index contributed by atoms with van der Waals surface area (Å²) in [6.45, 7) is 2.05. The lowest BCUT2D eigenvalue weighted by atomic mass is 9.95. The largest absolute Gasteiger partial charge is 0.493 e. The van der Waals surface area contributed by atoms with Gasteiger partial charge in [-0.3, -0.25) is 9.59 Å². The van der Waals surface area contributed by atoms with Gasteiger partial charge in [-0.05, 0) is 36.8 Å². The van der Waals surface area contributed by atoms with E-state index in [0.29, 0.717) is 35.6 Å². The Balaban J connectivity index is 1.58. The van der Waals surface area contributed by atoms with Crippen molar-refractivity contribution >= 4 is 5.91 Å². The number of aryl methyl sites for hydroxylation is 1. The van der Waals surface area contributed by atoms with Gasteiger partial charge in [0.15, 0.2) is 0 Å². The highest BCUT2D eigenvalue weighted by Crippen LogP contribution is 2.36. The van der Waals surface area contributed by atoms with Gasteiger partial charge in [0.05, 0.1) is 18.3 Å². The Morgan fingerprint density at radius 3 is 2.90 bits per heavy atom. The smallest absolute Gasteiger partial charge is 0.267 e. The van der Waals surface area contributed by atoms with Crippen molar-refractivity contribution in [3.63, 3.8) is 0 Å². The Hall–Kier alpha value is -3.48. The number of aromatic nitrogens is 2. The van der Waals surface area contributed by atoms with Crippen molar-refractivity contribution in [3.8, 4) is 16.9 Å². The highest BCUT2D eigenvalue weighted by Gasteiger charge is 2.24. The number of carbonyl (C=O) groups is 1. The zero-order valence-electron chi connectivity index (χ0n) is 15.9. The first-order valence-corrected chi connectivity index (χ1v) is 9.37. The van der Waals surface area contributed by atoms with E-state index < -0.39 is 0 Å². The molecular weight excluding hydrogens is 373 g/mol. The standard InChI is InChI=1S/C22H20FN3O3/c1-14-6-9-22(28)26(25-14)13-21(27)24-19-10-11-29-20-8-7-15(12-17(19)20)16-4-2-3-5-18(16)23/h2-9,12,19H,10-11,13H2,1H3,(H,24,27). The van der Waals surface area contributed by atoms with Crippen LogP contribution in [-0.4, -0.2) is 22.3 Å². The minimum Gasteiger partial charge on any atom is -0.493 e. The summed E-state index contributed by atoms with van der Waals surface area (Å²) in [5, 5.41) is 7.04. The number of rotatable bonds is 4. The van der Waals surface area contributed by atoms with Crippen LogP contribution in [0.1, 0.15) is 23.7 Å². The van der Waals surface area contributed by atoms with Crippen LogP contribution in [0.15, 0.2) is 59.4 Å². The Labute approximate surface area is 166 Å². The minimum atomic E-state index is -0.333. The summed E-state index contributed by atoms with van der Waals surface area (Å²) in [7, 11) is 0. The molecule has 0 spiro atoms. The van der Waals surface area contributed by atoms with E-state index in [1.54, 1.807) is 43.3 Å². The maximum Gasteiger partial charge on any atom is 0.267 e. The molecule has 0 bridgehead atoms. The molecule has 29 heavy (non-hydrogen) atoms. The van der Waals surface area contributed by atoms with Crippen molar-refractivity contribution in [2.45, 2.75) is 25.9 Å². The third-order valence-corrected chi connectivity index (χ3v) is 4.86. The van der Waals surface area contributed by atoms with Crippen molar-refractivity contribution in [2.75, 3.05) is 6.61 Å².